The Morgan fingerprint density at radius 2 is 1.40 bits per heavy atom. The van der Waals surface area contributed by atoms with E-state index >= 15 is 0 Å². The maximum absolute atomic E-state index is 12.6. The van der Waals surface area contributed by atoms with Gasteiger partial charge in [-0.15, -0.1) is 0 Å². The summed E-state index contributed by atoms with van der Waals surface area (Å²) in [4.78, 5) is 49.4. The lowest BCUT2D eigenvalue weighted by molar-refractivity contribution is -0.146. The first-order valence-electron chi connectivity index (χ1n) is 10.8. The number of esters is 1. The van der Waals surface area contributed by atoms with Crippen molar-refractivity contribution in [2.75, 3.05) is 24.6 Å². The van der Waals surface area contributed by atoms with Crippen molar-refractivity contribution >= 4 is 29.4 Å². The molecule has 0 spiro atoms. The molecule has 0 aliphatic rings. The van der Waals surface area contributed by atoms with Gasteiger partial charge in [0.1, 0.15) is 18.0 Å². The third kappa shape index (κ3) is 8.01. The molecular formula is C26H25N3O6. The maximum Gasteiger partial charge on any atom is 0.325 e. The smallest absolute Gasteiger partial charge is 0.325 e. The lowest BCUT2D eigenvalue weighted by Gasteiger charge is -2.22. The molecule has 0 fully saturated rings. The van der Waals surface area contributed by atoms with E-state index in [0.717, 1.165) is 0 Å². The summed E-state index contributed by atoms with van der Waals surface area (Å²) >= 11 is 0. The molecule has 0 atom stereocenters. The highest BCUT2D eigenvalue weighted by atomic mass is 16.5. The van der Waals surface area contributed by atoms with Crippen molar-refractivity contribution in [3.8, 4) is 11.5 Å². The van der Waals surface area contributed by atoms with Crippen LogP contribution in [-0.4, -0.2) is 43.4 Å². The fraction of sp³-hybridized carbons (Fsp3) is 0.154. The van der Waals surface area contributed by atoms with Gasteiger partial charge in [-0.3, -0.25) is 19.2 Å². The molecule has 3 N–H and O–H groups in total. The van der Waals surface area contributed by atoms with E-state index in [1.54, 1.807) is 54.6 Å². The van der Waals surface area contributed by atoms with Crippen LogP contribution in [0.25, 0.3) is 0 Å². The Morgan fingerprint density at radius 3 is 2.03 bits per heavy atom. The van der Waals surface area contributed by atoms with Crippen LogP contribution >= 0.6 is 0 Å². The van der Waals surface area contributed by atoms with Crippen LogP contribution in [-0.2, 0) is 19.1 Å². The average Bonchev–Trinajstić information content (AvgIpc) is 2.87. The van der Waals surface area contributed by atoms with Crippen LogP contribution in [0.1, 0.15) is 16.8 Å². The van der Waals surface area contributed by atoms with Crippen molar-refractivity contribution in [3.05, 3.63) is 90.5 Å². The van der Waals surface area contributed by atoms with Crippen LogP contribution in [0.3, 0.4) is 0 Å². The topological polar surface area (TPSA) is 128 Å². The molecule has 0 aliphatic heterocycles. The maximum atomic E-state index is 12.6. The third-order valence-corrected chi connectivity index (χ3v) is 4.80. The summed E-state index contributed by atoms with van der Waals surface area (Å²) in [5, 5.41) is 2.45. The van der Waals surface area contributed by atoms with Crippen molar-refractivity contribution < 1.29 is 28.7 Å². The Bertz CT molecular complexity index is 1150. The molecule has 3 aromatic rings. The Morgan fingerprint density at radius 1 is 0.800 bits per heavy atom. The lowest BCUT2D eigenvalue weighted by atomic mass is 10.2. The van der Waals surface area contributed by atoms with E-state index in [4.69, 9.17) is 15.2 Å². The van der Waals surface area contributed by atoms with E-state index < -0.39 is 36.8 Å². The van der Waals surface area contributed by atoms with Crippen LogP contribution in [0.15, 0.2) is 84.9 Å². The molecule has 0 unspecified atom stereocenters. The first-order valence-corrected chi connectivity index (χ1v) is 10.8. The number of hydrogen-bond acceptors (Lipinski definition) is 6. The summed E-state index contributed by atoms with van der Waals surface area (Å²) in [6, 6.07) is 24.3. The minimum absolute atomic E-state index is 0.0418. The molecule has 180 valence electrons. The second-order valence-electron chi connectivity index (χ2n) is 7.38. The number of carbonyl (C=O) groups excluding carboxylic acids is 4. The number of para-hydroxylation sites is 2. The van der Waals surface area contributed by atoms with Gasteiger partial charge in [0.2, 0.25) is 5.91 Å². The van der Waals surface area contributed by atoms with Gasteiger partial charge < -0.3 is 25.4 Å². The van der Waals surface area contributed by atoms with E-state index in [2.05, 4.69) is 5.32 Å². The summed E-state index contributed by atoms with van der Waals surface area (Å²) < 4.78 is 10.7. The SMILES string of the molecule is NC(=O)CCN(C(=O)COC(=O)CNC(=O)c1ccc(Oc2ccccc2)cc1)c1ccccc1. The number of nitrogens with two attached hydrogens (primary N) is 1. The van der Waals surface area contributed by atoms with E-state index in [1.807, 2.05) is 30.3 Å². The highest BCUT2D eigenvalue weighted by Gasteiger charge is 2.18. The summed E-state index contributed by atoms with van der Waals surface area (Å²) in [6.45, 7) is -0.911. The van der Waals surface area contributed by atoms with Gasteiger partial charge in [-0.25, -0.2) is 0 Å². The zero-order chi connectivity index (χ0) is 25.0. The molecule has 35 heavy (non-hydrogen) atoms. The highest BCUT2D eigenvalue weighted by molar-refractivity contribution is 5.97. The zero-order valence-electron chi connectivity index (χ0n) is 18.9. The van der Waals surface area contributed by atoms with Crippen molar-refractivity contribution in [2.45, 2.75) is 6.42 Å². The minimum atomic E-state index is -0.779. The quantitative estimate of drug-likeness (QED) is 0.411. The summed E-state index contributed by atoms with van der Waals surface area (Å²) in [5.74, 6) is -1.11. The predicted molar refractivity (Wildman–Crippen MR) is 129 cm³/mol. The minimum Gasteiger partial charge on any atom is -0.457 e. The summed E-state index contributed by atoms with van der Waals surface area (Å²) in [5.41, 5.74) is 6.06. The average molecular weight is 476 g/mol. The molecule has 0 saturated carbocycles. The predicted octanol–water partition coefficient (Wildman–Crippen LogP) is 2.66. The van der Waals surface area contributed by atoms with Gasteiger partial charge in [0.05, 0.1) is 0 Å². The van der Waals surface area contributed by atoms with E-state index in [1.165, 1.54) is 4.90 Å². The van der Waals surface area contributed by atoms with Crippen LogP contribution < -0.4 is 20.7 Å². The van der Waals surface area contributed by atoms with Crippen LogP contribution in [0.2, 0.25) is 0 Å². The molecule has 9 heteroatoms. The normalized spacial score (nSPS) is 10.2. The van der Waals surface area contributed by atoms with Gasteiger partial charge in [-0.05, 0) is 48.5 Å². The second kappa shape index (κ2) is 12.5. The number of amides is 3. The molecule has 0 aliphatic carbocycles. The fourth-order valence-corrected chi connectivity index (χ4v) is 3.05. The molecule has 9 nitrogen and oxygen atoms in total. The number of ether oxygens (including phenoxy) is 2. The summed E-state index contributed by atoms with van der Waals surface area (Å²) in [7, 11) is 0. The molecule has 0 saturated heterocycles. The Hall–Kier alpha value is -4.66. The van der Waals surface area contributed by atoms with Gasteiger partial charge in [0, 0.05) is 24.2 Å². The van der Waals surface area contributed by atoms with Gasteiger partial charge >= 0.3 is 5.97 Å². The number of primary amides is 1. The Kier molecular flexibility index (Phi) is 8.95. The van der Waals surface area contributed by atoms with E-state index in [9.17, 15) is 19.2 Å². The first-order chi connectivity index (χ1) is 16.9. The number of rotatable bonds is 11. The lowest BCUT2D eigenvalue weighted by Crippen LogP contribution is -2.38. The number of nitrogens with zero attached hydrogens (tertiary/aromatic N) is 1. The Balaban J connectivity index is 1.47. The highest BCUT2D eigenvalue weighted by Crippen LogP contribution is 2.21. The Labute approximate surface area is 202 Å². The van der Waals surface area contributed by atoms with Crippen molar-refractivity contribution in [2.24, 2.45) is 5.73 Å². The van der Waals surface area contributed by atoms with E-state index in [-0.39, 0.29) is 13.0 Å². The van der Waals surface area contributed by atoms with Gasteiger partial charge in [0.15, 0.2) is 6.61 Å². The monoisotopic (exact) mass is 475 g/mol. The number of carbonyl (C=O) groups is 4. The number of nitrogens with one attached hydrogen (secondary N) is 1. The fourth-order valence-electron chi connectivity index (χ4n) is 3.05. The van der Waals surface area contributed by atoms with Crippen LogP contribution in [0, 0.1) is 0 Å². The third-order valence-electron chi connectivity index (χ3n) is 4.80. The van der Waals surface area contributed by atoms with E-state index in [0.29, 0.717) is 22.7 Å². The van der Waals surface area contributed by atoms with Crippen molar-refractivity contribution in [3.63, 3.8) is 0 Å². The number of benzene rings is 3. The van der Waals surface area contributed by atoms with Gasteiger partial charge in [0.25, 0.3) is 11.8 Å². The second-order valence-corrected chi connectivity index (χ2v) is 7.38. The zero-order valence-corrected chi connectivity index (χ0v) is 18.9. The molecule has 0 heterocycles. The molecule has 0 radical (unpaired) electrons. The van der Waals surface area contributed by atoms with Gasteiger partial charge in [-0.1, -0.05) is 36.4 Å². The molecule has 0 aromatic heterocycles. The standard InChI is InChI=1S/C26H25N3O6/c27-23(30)15-16-29(20-7-3-1-4-8-20)24(31)18-34-25(32)17-28-26(33)19-11-13-22(14-12-19)35-21-9-5-2-6-10-21/h1-14H,15-18H2,(H2,27,30)(H,28,33). The van der Waals surface area contributed by atoms with Gasteiger partial charge in [-0.2, -0.15) is 0 Å². The van der Waals surface area contributed by atoms with Crippen LogP contribution in [0.5, 0.6) is 11.5 Å². The molecule has 3 aromatic carbocycles. The molecule has 3 amide bonds. The number of hydrogen-bond donors (Lipinski definition) is 2. The largest absolute Gasteiger partial charge is 0.457 e. The first kappa shape index (κ1) is 25.0. The van der Waals surface area contributed by atoms with Crippen LogP contribution in [0.4, 0.5) is 5.69 Å². The molecular weight excluding hydrogens is 450 g/mol. The molecule has 0 bridgehead atoms. The van der Waals surface area contributed by atoms with Crippen molar-refractivity contribution in [1.29, 1.82) is 0 Å². The summed E-state index contributed by atoms with van der Waals surface area (Å²) in [6.07, 6.45) is -0.0418. The molecule has 3 rings (SSSR count). The van der Waals surface area contributed by atoms with Crippen molar-refractivity contribution in [1.82, 2.24) is 5.32 Å². The number of anilines is 1.